The van der Waals surface area contributed by atoms with Crippen LogP contribution in [-0.2, 0) is 11.2 Å². The Labute approximate surface area is 257 Å². The van der Waals surface area contributed by atoms with E-state index in [4.69, 9.17) is 4.79 Å². The summed E-state index contributed by atoms with van der Waals surface area (Å²) in [4.78, 5) is 8.81. The van der Waals surface area contributed by atoms with Crippen LogP contribution in [0, 0.1) is 18.3 Å². The molecule has 0 unspecified atom stereocenters. The first-order valence-electron chi connectivity index (χ1n) is 16.5. The fourth-order valence-electron chi connectivity index (χ4n) is 6.15. The Morgan fingerprint density at radius 1 is 1.12 bits per heavy atom. The third kappa shape index (κ3) is 11.8. The van der Waals surface area contributed by atoms with E-state index in [9.17, 15) is 0 Å². The summed E-state index contributed by atoms with van der Waals surface area (Å²) in [6.07, 6.45) is 20.2. The van der Waals surface area contributed by atoms with Crippen molar-refractivity contribution in [2.45, 2.75) is 125 Å². The SMILES string of the molecule is CC=O.CCCC/C=C(/N/C(=C(\C)CC)C1CCCCCC1)C1(C)CCN(SCCc2ccc(NC)cc2C)CC1. The molecule has 0 aromatic heterocycles. The fraction of sp³-hybridized carbons (Fsp3) is 0.694. The number of rotatable bonds is 13. The smallest absolute Gasteiger partial charge is 0.116 e. The molecular formula is C36H61N3OS. The Balaban J connectivity index is 0.00000187. The first-order chi connectivity index (χ1) is 19.8. The maximum atomic E-state index is 8.81. The Kier molecular flexibility index (Phi) is 16.8. The van der Waals surface area contributed by atoms with Gasteiger partial charge in [-0.05, 0) is 94.9 Å². The summed E-state index contributed by atoms with van der Waals surface area (Å²) in [5.41, 5.74) is 9.01. The lowest BCUT2D eigenvalue weighted by Gasteiger charge is -2.42. The Hall–Kier alpha value is -1.72. The first kappa shape index (κ1) is 35.5. The van der Waals surface area contributed by atoms with Crippen LogP contribution in [0.4, 0.5) is 5.69 Å². The number of benzene rings is 1. The summed E-state index contributed by atoms with van der Waals surface area (Å²) < 4.78 is 2.64. The number of unbranched alkanes of at least 4 members (excludes halogenated alkanes) is 2. The average Bonchev–Trinajstić information content (AvgIpc) is 3.26. The van der Waals surface area contributed by atoms with Gasteiger partial charge in [0.25, 0.3) is 0 Å². The molecule has 1 aliphatic carbocycles. The van der Waals surface area contributed by atoms with Crippen LogP contribution in [0.15, 0.2) is 41.2 Å². The molecular weight excluding hydrogens is 522 g/mol. The van der Waals surface area contributed by atoms with Gasteiger partial charge in [-0.15, -0.1) is 0 Å². The third-order valence-electron chi connectivity index (χ3n) is 9.18. The summed E-state index contributed by atoms with van der Waals surface area (Å²) in [6, 6.07) is 6.77. The molecule has 1 aromatic carbocycles. The largest absolute Gasteiger partial charge is 0.388 e. The molecule has 2 aliphatic rings. The van der Waals surface area contributed by atoms with Crippen molar-refractivity contribution in [1.29, 1.82) is 0 Å². The highest BCUT2D eigenvalue weighted by Gasteiger charge is 2.35. The molecule has 5 heteroatoms. The van der Waals surface area contributed by atoms with E-state index in [-0.39, 0.29) is 5.41 Å². The Bertz CT molecular complexity index is 954. The number of carbonyl (C=O) groups is 1. The molecule has 3 rings (SSSR count). The second-order valence-electron chi connectivity index (χ2n) is 12.3. The molecule has 1 saturated carbocycles. The molecule has 1 heterocycles. The first-order valence-corrected chi connectivity index (χ1v) is 17.5. The van der Waals surface area contributed by atoms with Gasteiger partial charge in [0.15, 0.2) is 0 Å². The number of piperidine rings is 1. The monoisotopic (exact) mass is 583 g/mol. The Morgan fingerprint density at radius 3 is 2.34 bits per heavy atom. The molecule has 1 aliphatic heterocycles. The van der Waals surface area contributed by atoms with Crippen molar-refractivity contribution in [1.82, 2.24) is 9.62 Å². The van der Waals surface area contributed by atoms with Crippen molar-refractivity contribution >= 4 is 23.9 Å². The van der Waals surface area contributed by atoms with Crippen molar-refractivity contribution < 1.29 is 4.79 Å². The van der Waals surface area contributed by atoms with Crippen molar-refractivity contribution in [3.8, 4) is 0 Å². The highest BCUT2D eigenvalue weighted by Crippen LogP contribution is 2.41. The molecule has 1 saturated heterocycles. The van der Waals surface area contributed by atoms with Crippen molar-refractivity contribution in [2.24, 2.45) is 11.3 Å². The summed E-state index contributed by atoms with van der Waals surface area (Å²) in [5, 5.41) is 7.43. The van der Waals surface area contributed by atoms with E-state index >= 15 is 0 Å². The van der Waals surface area contributed by atoms with Crippen LogP contribution in [0.2, 0.25) is 0 Å². The van der Waals surface area contributed by atoms with Crippen LogP contribution >= 0.6 is 11.9 Å². The van der Waals surface area contributed by atoms with Gasteiger partial charge in [-0.25, -0.2) is 0 Å². The zero-order chi connectivity index (χ0) is 30.1. The predicted molar refractivity (Wildman–Crippen MR) is 182 cm³/mol. The molecule has 0 spiro atoms. The zero-order valence-corrected chi connectivity index (χ0v) is 28.4. The molecule has 232 valence electrons. The lowest BCUT2D eigenvalue weighted by molar-refractivity contribution is -0.106. The molecule has 41 heavy (non-hydrogen) atoms. The van der Waals surface area contributed by atoms with Gasteiger partial charge < -0.3 is 15.4 Å². The van der Waals surface area contributed by atoms with Crippen LogP contribution in [0.1, 0.15) is 123 Å². The van der Waals surface area contributed by atoms with Crippen LogP contribution in [0.3, 0.4) is 0 Å². The molecule has 0 radical (unpaired) electrons. The number of aldehydes is 1. The average molecular weight is 584 g/mol. The lowest BCUT2D eigenvalue weighted by atomic mass is 9.76. The number of nitrogens with one attached hydrogen (secondary N) is 2. The maximum Gasteiger partial charge on any atom is 0.116 e. The van der Waals surface area contributed by atoms with Gasteiger partial charge in [0, 0.05) is 48.4 Å². The molecule has 4 nitrogen and oxygen atoms in total. The summed E-state index contributed by atoms with van der Waals surface area (Å²) >= 11 is 2.06. The topological polar surface area (TPSA) is 44.4 Å². The van der Waals surface area contributed by atoms with Gasteiger partial charge in [0.2, 0.25) is 0 Å². The number of hydrogen-bond donors (Lipinski definition) is 2. The second-order valence-corrected chi connectivity index (χ2v) is 13.5. The summed E-state index contributed by atoms with van der Waals surface area (Å²) in [6.45, 7) is 15.6. The van der Waals surface area contributed by atoms with E-state index in [2.05, 4.69) is 85.8 Å². The second kappa shape index (κ2) is 19.5. The molecule has 0 amide bonds. The molecule has 0 atom stereocenters. The minimum atomic E-state index is 0.244. The minimum Gasteiger partial charge on any atom is -0.388 e. The van der Waals surface area contributed by atoms with Crippen LogP contribution < -0.4 is 10.6 Å². The number of nitrogens with zero attached hydrogens (tertiary/aromatic N) is 1. The zero-order valence-electron chi connectivity index (χ0n) is 27.5. The molecule has 0 bridgehead atoms. The van der Waals surface area contributed by atoms with E-state index < -0.39 is 0 Å². The highest BCUT2D eigenvalue weighted by molar-refractivity contribution is 7.97. The van der Waals surface area contributed by atoms with Crippen molar-refractivity contribution in [3.63, 3.8) is 0 Å². The summed E-state index contributed by atoms with van der Waals surface area (Å²) in [5.74, 6) is 1.88. The molecule has 2 N–H and O–H groups in total. The maximum absolute atomic E-state index is 8.81. The Morgan fingerprint density at radius 2 is 1.78 bits per heavy atom. The predicted octanol–water partition coefficient (Wildman–Crippen LogP) is 9.85. The number of hydrogen-bond acceptors (Lipinski definition) is 5. The molecule has 2 fully saturated rings. The fourth-order valence-corrected chi connectivity index (χ4v) is 7.16. The standard InChI is InChI=1S/C34H57N3S.C2H4O/c1-7-9-12-17-32(36-33(27(3)8-2)30-15-13-10-11-14-16-30)34(5)21-23-37(24-22-34)38-25-20-29-18-19-31(35-6)26-28(29)4;1-2-3/h17-19,26,30,35-36H,7-16,20-25H2,1-6H3;2H,1H3/b32-17+,33-27+;. The number of carbonyl (C=O) groups excluding carboxylic acids is 1. The summed E-state index contributed by atoms with van der Waals surface area (Å²) in [7, 11) is 1.99. The van der Waals surface area contributed by atoms with E-state index in [1.165, 1.54) is 113 Å². The number of anilines is 1. The molecule has 1 aromatic rings. The quantitative estimate of drug-likeness (QED) is 0.105. The van der Waals surface area contributed by atoms with E-state index in [1.54, 1.807) is 11.3 Å². The van der Waals surface area contributed by atoms with Crippen molar-refractivity contribution in [3.05, 3.63) is 52.4 Å². The lowest BCUT2D eigenvalue weighted by Crippen LogP contribution is -2.40. The van der Waals surface area contributed by atoms with Gasteiger partial charge in [-0.3, -0.25) is 4.31 Å². The van der Waals surface area contributed by atoms with Gasteiger partial charge in [-0.1, -0.05) is 89.0 Å². The van der Waals surface area contributed by atoms with Gasteiger partial charge >= 0.3 is 0 Å². The van der Waals surface area contributed by atoms with Gasteiger partial charge in [0.1, 0.15) is 6.29 Å². The van der Waals surface area contributed by atoms with E-state index in [0.29, 0.717) is 0 Å². The van der Waals surface area contributed by atoms with Crippen LogP contribution in [0.5, 0.6) is 0 Å². The third-order valence-corrected chi connectivity index (χ3v) is 10.3. The van der Waals surface area contributed by atoms with Crippen LogP contribution in [0.25, 0.3) is 0 Å². The minimum absolute atomic E-state index is 0.244. The van der Waals surface area contributed by atoms with Gasteiger partial charge in [-0.2, -0.15) is 0 Å². The number of allylic oxidation sites excluding steroid dienone is 4. The number of aryl methyl sites for hydroxylation is 2. The van der Waals surface area contributed by atoms with Crippen LogP contribution in [-0.4, -0.2) is 36.5 Å². The highest BCUT2D eigenvalue weighted by atomic mass is 32.2. The van der Waals surface area contributed by atoms with Crippen molar-refractivity contribution in [2.75, 3.05) is 31.2 Å². The normalized spacial score (nSPS) is 19.0. The van der Waals surface area contributed by atoms with E-state index in [1.807, 2.05) is 7.05 Å². The van der Waals surface area contributed by atoms with Gasteiger partial charge in [0.05, 0.1) is 0 Å². The van der Waals surface area contributed by atoms with E-state index in [0.717, 1.165) is 30.8 Å².